The van der Waals surface area contributed by atoms with Crippen molar-refractivity contribution in [2.75, 3.05) is 11.4 Å². The number of nitrogens with one attached hydrogen (secondary N) is 1. The van der Waals surface area contributed by atoms with Crippen LogP contribution in [-0.4, -0.2) is 34.5 Å². The molecular weight excluding hydrogens is 274 g/mol. The van der Waals surface area contributed by atoms with Crippen LogP contribution in [0.25, 0.3) is 10.8 Å². The Morgan fingerprint density at radius 3 is 2.81 bits per heavy atom. The van der Waals surface area contributed by atoms with E-state index in [2.05, 4.69) is 10.3 Å². The summed E-state index contributed by atoms with van der Waals surface area (Å²) >= 11 is 0. The van der Waals surface area contributed by atoms with Crippen molar-refractivity contribution in [2.45, 2.75) is 6.42 Å². The molecule has 0 spiro atoms. The Morgan fingerprint density at radius 2 is 2.10 bits per heavy atom. The van der Waals surface area contributed by atoms with Gasteiger partial charge in [0.05, 0.1) is 0 Å². The van der Waals surface area contributed by atoms with E-state index >= 15 is 0 Å². The fourth-order valence-electron chi connectivity index (χ4n) is 2.31. The Hall–Kier alpha value is -2.96. The molecule has 0 atom stereocenters. The van der Waals surface area contributed by atoms with Gasteiger partial charge in [-0.25, -0.2) is 14.6 Å². The number of carbonyl (C=O) groups excluding carboxylic acids is 2. The van der Waals surface area contributed by atoms with Crippen molar-refractivity contribution in [3.8, 4) is 0 Å². The number of rotatable bonds is 2. The quantitative estimate of drug-likeness (QED) is 0.868. The largest absolute Gasteiger partial charge is 0.476 e. The third kappa shape index (κ3) is 2.29. The van der Waals surface area contributed by atoms with E-state index in [-0.39, 0.29) is 18.0 Å². The molecule has 7 heteroatoms. The lowest BCUT2D eigenvalue weighted by Gasteiger charge is -2.26. The third-order valence-corrected chi connectivity index (χ3v) is 3.32. The lowest BCUT2D eigenvalue weighted by molar-refractivity contribution is -0.120. The van der Waals surface area contributed by atoms with Crippen LogP contribution in [-0.2, 0) is 4.79 Å². The van der Waals surface area contributed by atoms with Crippen LogP contribution in [0.2, 0.25) is 0 Å². The molecule has 1 aliphatic rings. The number of carboxylic acid groups (broad SMARTS) is 1. The van der Waals surface area contributed by atoms with Crippen LogP contribution < -0.4 is 10.2 Å². The SMILES string of the molecule is O=C1CCN(c2ccc3c(C(=O)O)nccc3c2)C(=O)N1. The van der Waals surface area contributed by atoms with Crippen LogP contribution in [0.15, 0.2) is 30.5 Å². The van der Waals surface area contributed by atoms with Crippen LogP contribution in [0.1, 0.15) is 16.9 Å². The highest BCUT2D eigenvalue weighted by atomic mass is 16.4. The number of imide groups is 1. The molecule has 2 N–H and O–H groups in total. The van der Waals surface area contributed by atoms with Crippen molar-refractivity contribution in [3.63, 3.8) is 0 Å². The summed E-state index contributed by atoms with van der Waals surface area (Å²) in [5.41, 5.74) is 0.576. The molecule has 106 valence electrons. The second kappa shape index (κ2) is 4.86. The van der Waals surface area contributed by atoms with E-state index in [1.807, 2.05) is 0 Å². The van der Waals surface area contributed by atoms with Gasteiger partial charge in [0.1, 0.15) is 0 Å². The molecule has 1 aromatic heterocycles. The maximum atomic E-state index is 11.8. The standard InChI is InChI=1S/C14H11N3O4/c18-11-4-6-17(14(21)16-11)9-1-2-10-8(7-9)3-5-15-12(10)13(19)20/h1-3,5,7H,4,6H2,(H,19,20)(H,16,18,21). The first-order chi connectivity index (χ1) is 10.1. The molecule has 21 heavy (non-hydrogen) atoms. The van der Waals surface area contributed by atoms with Gasteiger partial charge < -0.3 is 5.11 Å². The molecule has 1 fully saturated rings. The van der Waals surface area contributed by atoms with Gasteiger partial charge in [-0.2, -0.15) is 0 Å². The van der Waals surface area contributed by atoms with Crippen molar-refractivity contribution < 1.29 is 19.5 Å². The maximum absolute atomic E-state index is 11.8. The lowest BCUT2D eigenvalue weighted by atomic mass is 10.1. The van der Waals surface area contributed by atoms with E-state index in [1.165, 1.54) is 11.1 Å². The maximum Gasteiger partial charge on any atom is 0.355 e. The number of amides is 3. The molecule has 7 nitrogen and oxygen atoms in total. The average Bonchev–Trinajstić information content (AvgIpc) is 2.46. The first-order valence-corrected chi connectivity index (χ1v) is 6.29. The normalized spacial score (nSPS) is 15.1. The van der Waals surface area contributed by atoms with Gasteiger partial charge in [0, 0.05) is 30.2 Å². The molecule has 0 radical (unpaired) electrons. The number of hydrogen-bond acceptors (Lipinski definition) is 4. The van der Waals surface area contributed by atoms with Crippen molar-refractivity contribution >= 4 is 34.4 Å². The summed E-state index contributed by atoms with van der Waals surface area (Å²) in [5, 5.41) is 12.5. The molecule has 0 aliphatic carbocycles. The zero-order chi connectivity index (χ0) is 15.0. The second-order valence-electron chi connectivity index (χ2n) is 4.63. The first-order valence-electron chi connectivity index (χ1n) is 6.29. The minimum atomic E-state index is -1.10. The number of pyridine rings is 1. The topological polar surface area (TPSA) is 99.6 Å². The number of benzene rings is 1. The van der Waals surface area contributed by atoms with Gasteiger partial charge >= 0.3 is 12.0 Å². The number of carbonyl (C=O) groups is 3. The molecule has 1 saturated heterocycles. The van der Waals surface area contributed by atoms with E-state index in [0.29, 0.717) is 23.0 Å². The molecule has 0 unspecified atom stereocenters. The Labute approximate surface area is 119 Å². The summed E-state index contributed by atoms with van der Waals surface area (Å²) in [6.07, 6.45) is 1.65. The Bertz CT molecular complexity index is 772. The lowest BCUT2D eigenvalue weighted by Crippen LogP contribution is -2.49. The van der Waals surface area contributed by atoms with Crippen molar-refractivity contribution in [1.29, 1.82) is 0 Å². The summed E-state index contributed by atoms with van der Waals surface area (Å²) < 4.78 is 0. The van der Waals surface area contributed by atoms with Gasteiger partial charge in [0.25, 0.3) is 0 Å². The molecular formula is C14H11N3O4. The zero-order valence-corrected chi connectivity index (χ0v) is 10.9. The van der Waals surface area contributed by atoms with Crippen LogP contribution >= 0.6 is 0 Å². The number of urea groups is 1. The minimum Gasteiger partial charge on any atom is -0.476 e. The zero-order valence-electron chi connectivity index (χ0n) is 10.9. The van der Waals surface area contributed by atoms with E-state index in [4.69, 9.17) is 5.11 Å². The molecule has 0 saturated carbocycles. The predicted octanol–water partition coefficient (Wildman–Crippen LogP) is 1.38. The molecule has 0 bridgehead atoms. The Balaban J connectivity index is 2.04. The van der Waals surface area contributed by atoms with Crippen LogP contribution in [0.3, 0.4) is 0 Å². The number of nitrogens with zero attached hydrogens (tertiary/aromatic N) is 2. The van der Waals surface area contributed by atoms with Gasteiger partial charge in [-0.05, 0) is 29.7 Å². The van der Waals surface area contributed by atoms with Gasteiger partial charge in [-0.15, -0.1) is 0 Å². The molecule has 3 rings (SSSR count). The summed E-state index contributed by atoms with van der Waals surface area (Å²) in [7, 11) is 0. The van der Waals surface area contributed by atoms with Gasteiger partial charge in [0.2, 0.25) is 5.91 Å². The molecule has 1 aliphatic heterocycles. The number of anilines is 1. The Morgan fingerprint density at radius 1 is 1.29 bits per heavy atom. The smallest absolute Gasteiger partial charge is 0.355 e. The molecule has 2 heterocycles. The summed E-state index contributed by atoms with van der Waals surface area (Å²) in [5.74, 6) is -1.40. The third-order valence-electron chi connectivity index (χ3n) is 3.32. The highest BCUT2D eigenvalue weighted by Crippen LogP contribution is 2.25. The van der Waals surface area contributed by atoms with Crippen LogP contribution in [0.4, 0.5) is 10.5 Å². The van der Waals surface area contributed by atoms with Gasteiger partial charge in [-0.3, -0.25) is 15.0 Å². The fourth-order valence-corrected chi connectivity index (χ4v) is 2.31. The molecule has 2 aromatic rings. The monoisotopic (exact) mass is 285 g/mol. The van der Waals surface area contributed by atoms with Gasteiger partial charge in [-0.1, -0.05) is 0 Å². The van der Waals surface area contributed by atoms with E-state index in [0.717, 1.165) is 0 Å². The number of fused-ring (bicyclic) bond motifs is 1. The number of hydrogen-bond donors (Lipinski definition) is 2. The van der Waals surface area contributed by atoms with E-state index in [9.17, 15) is 14.4 Å². The number of carboxylic acids is 1. The summed E-state index contributed by atoms with van der Waals surface area (Å²) in [6.45, 7) is 0.299. The van der Waals surface area contributed by atoms with E-state index in [1.54, 1.807) is 24.3 Å². The number of aromatic nitrogens is 1. The highest BCUT2D eigenvalue weighted by molar-refractivity contribution is 6.07. The van der Waals surface area contributed by atoms with Crippen molar-refractivity contribution in [2.24, 2.45) is 0 Å². The summed E-state index contributed by atoms with van der Waals surface area (Å²) in [4.78, 5) is 39.4. The van der Waals surface area contributed by atoms with Crippen LogP contribution in [0.5, 0.6) is 0 Å². The minimum absolute atomic E-state index is 0.0303. The van der Waals surface area contributed by atoms with Crippen LogP contribution in [0, 0.1) is 0 Å². The second-order valence-corrected chi connectivity index (χ2v) is 4.63. The highest BCUT2D eigenvalue weighted by Gasteiger charge is 2.24. The molecule has 1 aromatic carbocycles. The van der Waals surface area contributed by atoms with Crippen molar-refractivity contribution in [1.82, 2.24) is 10.3 Å². The van der Waals surface area contributed by atoms with E-state index < -0.39 is 12.0 Å². The average molecular weight is 285 g/mol. The van der Waals surface area contributed by atoms with Crippen molar-refractivity contribution in [3.05, 3.63) is 36.2 Å². The number of aromatic carboxylic acids is 1. The fraction of sp³-hybridized carbons (Fsp3) is 0.143. The summed E-state index contributed by atoms with van der Waals surface area (Å²) in [6, 6.07) is 6.17. The molecule has 3 amide bonds. The van der Waals surface area contributed by atoms with Gasteiger partial charge in [0.15, 0.2) is 5.69 Å². The predicted molar refractivity (Wildman–Crippen MR) is 74.2 cm³/mol. The Kier molecular flexibility index (Phi) is 3.02. The first kappa shape index (κ1) is 13.0.